The zero-order valence-corrected chi connectivity index (χ0v) is 10.9. The minimum absolute atomic E-state index is 0.303. The van der Waals surface area contributed by atoms with Crippen LogP contribution in [-0.2, 0) is 0 Å². The fourth-order valence-electron chi connectivity index (χ4n) is 3.41. The zero-order valence-electron chi connectivity index (χ0n) is 10.2. The number of hydrazine groups is 1. The van der Waals surface area contributed by atoms with Gasteiger partial charge < -0.3 is 0 Å². The third kappa shape index (κ3) is 2.04. The van der Waals surface area contributed by atoms with Crippen LogP contribution >= 0.6 is 11.6 Å². The van der Waals surface area contributed by atoms with E-state index in [1.54, 1.807) is 0 Å². The van der Waals surface area contributed by atoms with Gasteiger partial charge in [0.1, 0.15) is 0 Å². The van der Waals surface area contributed by atoms with Crippen molar-refractivity contribution >= 4 is 11.6 Å². The van der Waals surface area contributed by atoms with Crippen LogP contribution in [0.3, 0.4) is 0 Å². The highest BCUT2D eigenvalue weighted by molar-refractivity contribution is 6.21. The Hall–Kier alpha value is 0.210. The molecule has 0 spiro atoms. The molecule has 0 aromatic carbocycles. The summed E-state index contributed by atoms with van der Waals surface area (Å²) in [6, 6.07) is 0.624. The quantitative estimate of drug-likeness (QED) is 0.625. The molecule has 88 valence electrons. The first-order valence-corrected chi connectivity index (χ1v) is 6.47. The molecule has 15 heavy (non-hydrogen) atoms. The van der Waals surface area contributed by atoms with Gasteiger partial charge >= 0.3 is 0 Å². The Morgan fingerprint density at radius 3 is 2.53 bits per heavy atom. The van der Waals surface area contributed by atoms with Gasteiger partial charge in [-0.25, -0.2) is 0 Å². The first-order chi connectivity index (χ1) is 6.91. The highest BCUT2D eigenvalue weighted by atomic mass is 35.5. The second-order valence-corrected chi connectivity index (χ2v) is 6.85. The second kappa shape index (κ2) is 3.90. The topological polar surface area (TPSA) is 24.1 Å². The molecule has 0 amide bonds. The van der Waals surface area contributed by atoms with Gasteiger partial charge in [-0.05, 0) is 29.6 Å². The van der Waals surface area contributed by atoms with Gasteiger partial charge in [0.2, 0.25) is 0 Å². The van der Waals surface area contributed by atoms with Crippen LogP contribution in [-0.4, -0.2) is 18.0 Å². The lowest BCUT2D eigenvalue weighted by atomic mass is 9.62. The maximum atomic E-state index is 6.63. The van der Waals surface area contributed by atoms with Crippen LogP contribution in [0, 0.1) is 23.2 Å². The Morgan fingerprint density at radius 2 is 1.93 bits per heavy atom. The highest BCUT2D eigenvalue weighted by Gasteiger charge is 2.48. The number of nitrogens with one attached hydrogen (secondary N) is 2. The van der Waals surface area contributed by atoms with E-state index in [0.29, 0.717) is 34.6 Å². The van der Waals surface area contributed by atoms with E-state index in [4.69, 9.17) is 11.6 Å². The number of alkyl halides is 1. The van der Waals surface area contributed by atoms with E-state index < -0.39 is 0 Å². The van der Waals surface area contributed by atoms with Gasteiger partial charge in [0.15, 0.2) is 0 Å². The number of rotatable bonds is 0. The summed E-state index contributed by atoms with van der Waals surface area (Å²) in [7, 11) is 0. The van der Waals surface area contributed by atoms with E-state index >= 15 is 0 Å². The van der Waals surface area contributed by atoms with Crippen molar-refractivity contribution < 1.29 is 0 Å². The Morgan fingerprint density at radius 1 is 1.27 bits per heavy atom. The van der Waals surface area contributed by atoms with Gasteiger partial charge in [-0.1, -0.05) is 27.7 Å². The van der Waals surface area contributed by atoms with Crippen molar-refractivity contribution in [3.8, 4) is 0 Å². The Bertz CT molecular complexity index is 236. The molecule has 0 radical (unpaired) electrons. The first-order valence-electron chi connectivity index (χ1n) is 6.03. The molecule has 1 saturated heterocycles. The summed E-state index contributed by atoms with van der Waals surface area (Å²) in [5.41, 5.74) is 7.01. The molecule has 1 heterocycles. The Labute approximate surface area is 98.1 Å². The molecule has 5 atom stereocenters. The molecular weight excluding hydrogens is 208 g/mol. The predicted molar refractivity (Wildman–Crippen MR) is 64.8 cm³/mol. The average Bonchev–Trinajstić information content (AvgIpc) is 2.50. The van der Waals surface area contributed by atoms with Gasteiger partial charge in [-0.2, -0.15) is 0 Å². The van der Waals surface area contributed by atoms with E-state index in [1.807, 2.05) is 0 Å². The standard InChI is InChI=1S/C12H23ClN2/c1-7-5-9-8(6-14-15-9)10(11(7)13)12(2,3)4/h7-11,14-15H,5-6H2,1-4H3. The minimum Gasteiger partial charge on any atom is -0.257 e. The van der Waals surface area contributed by atoms with Gasteiger partial charge in [-0.15, -0.1) is 11.6 Å². The van der Waals surface area contributed by atoms with Crippen molar-refractivity contribution in [2.75, 3.05) is 6.54 Å². The number of hydrogen-bond acceptors (Lipinski definition) is 2. The molecule has 3 heteroatoms. The Kier molecular flexibility index (Phi) is 3.04. The van der Waals surface area contributed by atoms with Crippen molar-refractivity contribution in [3.63, 3.8) is 0 Å². The van der Waals surface area contributed by atoms with Gasteiger partial charge in [0.25, 0.3) is 0 Å². The van der Waals surface area contributed by atoms with Crippen LogP contribution in [0.15, 0.2) is 0 Å². The van der Waals surface area contributed by atoms with Gasteiger partial charge in [0, 0.05) is 18.0 Å². The second-order valence-electron chi connectivity index (χ2n) is 6.34. The predicted octanol–water partition coefficient (Wildman–Crippen LogP) is 2.39. The molecule has 0 aromatic rings. The lowest BCUT2D eigenvalue weighted by molar-refractivity contribution is 0.0848. The summed E-state index contributed by atoms with van der Waals surface area (Å²) in [5.74, 6) is 1.92. The van der Waals surface area contributed by atoms with Crippen LogP contribution in [0.4, 0.5) is 0 Å². The maximum absolute atomic E-state index is 6.63. The number of halogens is 1. The molecule has 5 unspecified atom stereocenters. The third-order valence-electron chi connectivity index (χ3n) is 4.12. The zero-order chi connectivity index (χ0) is 11.2. The van der Waals surface area contributed by atoms with Crippen molar-refractivity contribution in [2.24, 2.45) is 23.2 Å². The molecule has 1 saturated carbocycles. The van der Waals surface area contributed by atoms with Gasteiger partial charge in [0.05, 0.1) is 0 Å². The summed E-state index contributed by atoms with van der Waals surface area (Å²) in [4.78, 5) is 0. The lowest BCUT2D eigenvalue weighted by Crippen LogP contribution is -2.49. The number of fused-ring (bicyclic) bond motifs is 1. The molecule has 0 bridgehead atoms. The van der Waals surface area contributed by atoms with E-state index in [2.05, 4.69) is 38.5 Å². The molecule has 0 aromatic heterocycles. The fraction of sp³-hybridized carbons (Fsp3) is 1.00. The van der Waals surface area contributed by atoms with Crippen molar-refractivity contribution in [3.05, 3.63) is 0 Å². The average molecular weight is 231 g/mol. The molecule has 1 aliphatic carbocycles. The van der Waals surface area contributed by atoms with E-state index in [0.717, 1.165) is 6.54 Å². The normalized spacial score (nSPS) is 46.6. The summed E-state index contributed by atoms with van der Waals surface area (Å²) >= 11 is 6.63. The summed E-state index contributed by atoms with van der Waals surface area (Å²) in [6.07, 6.45) is 1.21. The first kappa shape index (κ1) is 11.7. The van der Waals surface area contributed by atoms with Crippen LogP contribution in [0.25, 0.3) is 0 Å². The number of hydrogen-bond donors (Lipinski definition) is 2. The summed E-state index contributed by atoms with van der Waals surface area (Å²) < 4.78 is 0. The molecular formula is C12H23ClN2. The fourth-order valence-corrected chi connectivity index (χ4v) is 4.08. The Balaban J connectivity index is 2.23. The van der Waals surface area contributed by atoms with Crippen molar-refractivity contribution in [1.82, 2.24) is 10.9 Å². The lowest BCUT2D eigenvalue weighted by Gasteiger charge is -2.47. The van der Waals surface area contributed by atoms with E-state index in [1.165, 1.54) is 6.42 Å². The molecule has 2 N–H and O–H groups in total. The highest BCUT2D eigenvalue weighted by Crippen LogP contribution is 2.47. The molecule has 2 nitrogen and oxygen atoms in total. The monoisotopic (exact) mass is 230 g/mol. The largest absolute Gasteiger partial charge is 0.257 e. The van der Waals surface area contributed by atoms with Gasteiger partial charge in [-0.3, -0.25) is 10.9 Å². The minimum atomic E-state index is 0.303. The van der Waals surface area contributed by atoms with Crippen molar-refractivity contribution in [1.29, 1.82) is 0 Å². The van der Waals surface area contributed by atoms with E-state index in [9.17, 15) is 0 Å². The molecule has 2 fully saturated rings. The van der Waals surface area contributed by atoms with Crippen molar-refractivity contribution in [2.45, 2.75) is 45.5 Å². The smallest absolute Gasteiger partial charge is 0.0399 e. The SMILES string of the molecule is CC1CC2NNCC2C(C(C)(C)C)C1Cl. The van der Waals surface area contributed by atoms with E-state index in [-0.39, 0.29) is 0 Å². The molecule has 2 aliphatic rings. The third-order valence-corrected chi connectivity index (χ3v) is 4.82. The maximum Gasteiger partial charge on any atom is 0.0399 e. The summed E-state index contributed by atoms with van der Waals surface area (Å²) in [5, 5.41) is 0.327. The van der Waals surface area contributed by atoms with Crippen LogP contribution < -0.4 is 10.9 Å². The molecule has 1 aliphatic heterocycles. The summed E-state index contributed by atoms with van der Waals surface area (Å²) in [6.45, 7) is 10.3. The molecule has 2 rings (SSSR count). The van der Waals surface area contributed by atoms with Crippen LogP contribution in [0.1, 0.15) is 34.1 Å². The van der Waals surface area contributed by atoms with Crippen LogP contribution in [0.5, 0.6) is 0 Å². The van der Waals surface area contributed by atoms with Crippen LogP contribution in [0.2, 0.25) is 0 Å².